The molecule has 0 amide bonds. The summed E-state index contributed by atoms with van der Waals surface area (Å²) in [4.78, 5) is 0. The van der Waals surface area contributed by atoms with Gasteiger partial charge in [0, 0.05) is 5.69 Å². The van der Waals surface area contributed by atoms with E-state index in [1.165, 1.54) is 31.4 Å². The average molecular weight is 237 g/mol. The van der Waals surface area contributed by atoms with Crippen molar-refractivity contribution < 1.29 is 9.50 Å². The van der Waals surface area contributed by atoms with Crippen LogP contribution >= 0.6 is 0 Å². The molecule has 0 aromatic heterocycles. The van der Waals surface area contributed by atoms with Crippen molar-refractivity contribution in [3.63, 3.8) is 0 Å². The second kappa shape index (κ2) is 6.01. The zero-order valence-corrected chi connectivity index (χ0v) is 10.0. The zero-order valence-electron chi connectivity index (χ0n) is 10.0. The summed E-state index contributed by atoms with van der Waals surface area (Å²) in [5.41, 5.74) is 0.759. The Morgan fingerprint density at radius 3 is 2.71 bits per heavy atom. The molecule has 1 aliphatic carbocycles. The van der Waals surface area contributed by atoms with Gasteiger partial charge in [-0.3, -0.25) is 0 Å². The van der Waals surface area contributed by atoms with Crippen molar-refractivity contribution in [2.24, 2.45) is 5.92 Å². The minimum absolute atomic E-state index is 0.0529. The summed E-state index contributed by atoms with van der Waals surface area (Å²) < 4.78 is 13.1. The van der Waals surface area contributed by atoms with E-state index < -0.39 is 0 Å². The van der Waals surface area contributed by atoms with Crippen LogP contribution < -0.4 is 5.32 Å². The summed E-state index contributed by atoms with van der Waals surface area (Å²) in [6, 6.07) is 6.49. The van der Waals surface area contributed by atoms with E-state index in [1.54, 1.807) is 6.07 Å². The lowest BCUT2D eigenvalue weighted by Crippen LogP contribution is -2.34. The predicted octanol–water partition coefficient (Wildman–Crippen LogP) is 3.18. The molecule has 17 heavy (non-hydrogen) atoms. The third-order valence-electron chi connectivity index (χ3n) is 3.59. The molecule has 2 N–H and O–H groups in total. The minimum atomic E-state index is -0.240. The van der Waals surface area contributed by atoms with Crippen LogP contribution in [-0.2, 0) is 0 Å². The number of halogens is 1. The summed E-state index contributed by atoms with van der Waals surface area (Å²) in [6.07, 6.45) is 6.10. The molecule has 1 fully saturated rings. The van der Waals surface area contributed by atoms with Crippen LogP contribution in [0.15, 0.2) is 24.3 Å². The Labute approximate surface area is 102 Å². The molecule has 0 bridgehead atoms. The maximum Gasteiger partial charge on any atom is 0.125 e. The Hall–Kier alpha value is -1.09. The van der Waals surface area contributed by atoms with E-state index in [2.05, 4.69) is 5.32 Å². The van der Waals surface area contributed by atoms with Gasteiger partial charge in [-0.1, -0.05) is 25.3 Å². The maximum atomic E-state index is 13.1. The van der Waals surface area contributed by atoms with Crippen molar-refractivity contribution in [1.29, 1.82) is 0 Å². The number of nitrogens with one attached hydrogen (secondary N) is 1. The molecule has 1 saturated carbocycles. The first-order chi connectivity index (χ1) is 8.29. The topological polar surface area (TPSA) is 32.3 Å². The van der Waals surface area contributed by atoms with Crippen LogP contribution in [0.2, 0.25) is 0 Å². The first kappa shape index (κ1) is 12.4. The van der Waals surface area contributed by atoms with E-state index in [9.17, 15) is 9.50 Å². The molecule has 0 saturated heterocycles. The Morgan fingerprint density at radius 2 is 2.06 bits per heavy atom. The molecule has 2 rings (SSSR count). The maximum absolute atomic E-state index is 13.1. The van der Waals surface area contributed by atoms with E-state index in [-0.39, 0.29) is 18.5 Å². The summed E-state index contributed by atoms with van der Waals surface area (Å²) in [5.74, 6) is 0.271. The molecule has 0 radical (unpaired) electrons. The van der Waals surface area contributed by atoms with E-state index in [4.69, 9.17) is 0 Å². The van der Waals surface area contributed by atoms with E-state index in [0.717, 1.165) is 18.5 Å². The quantitative estimate of drug-likeness (QED) is 0.843. The highest BCUT2D eigenvalue weighted by atomic mass is 19.1. The van der Waals surface area contributed by atoms with Gasteiger partial charge in [-0.25, -0.2) is 4.39 Å². The highest BCUT2D eigenvalue weighted by molar-refractivity contribution is 5.44. The summed E-state index contributed by atoms with van der Waals surface area (Å²) in [7, 11) is 0. The Bertz CT molecular complexity index is 350. The summed E-state index contributed by atoms with van der Waals surface area (Å²) >= 11 is 0. The van der Waals surface area contributed by atoms with Crippen LogP contribution in [0.5, 0.6) is 0 Å². The third-order valence-corrected chi connectivity index (χ3v) is 3.59. The van der Waals surface area contributed by atoms with Crippen molar-refractivity contribution in [2.45, 2.75) is 38.1 Å². The highest BCUT2D eigenvalue weighted by Gasteiger charge is 2.22. The van der Waals surface area contributed by atoms with Gasteiger partial charge in [-0.2, -0.15) is 0 Å². The minimum Gasteiger partial charge on any atom is -0.394 e. The fourth-order valence-electron chi connectivity index (χ4n) is 2.64. The van der Waals surface area contributed by atoms with Crippen molar-refractivity contribution >= 4 is 5.69 Å². The molecule has 94 valence electrons. The highest BCUT2D eigenvalue weighted by Crippen LogP contribution is 2.28. The third kappa shape index (κ3) is 3.43. The molecule has 0 heterocycles. The Balaban J connectivity index is 1.98. The van der Waals surface area contributed by atoms with Gasteiger partial charge in [0.05, 0.1) is 12.6 Å². The van der Waals surface area contributed by atoms with Crippen LogP contribution in [-0.4, -0.2) is 17.8 Å². The van der Waals surface area contributed by atoms with Gasteiger partial charge in [0.2, 0.25) is 0 Å². The molecular weight excluding hydrogens is 217 g/mol. The average Bonchev–Trinajstić information content (AvgIpc) is 2.37. The lowest BCUT2D eigenvalue weighted by atomic mass is 9.84. The van der Waals surface area contributed by atoms with E-state index in [1.807, 2.05) is 6.07 Å². The largest absolute Gasteiger partial charge is 0.394 e. The smallest absolute Gasteiger partial charge is 0.125 e. The fourth-order valence-corrected chi connectivity index (χ4v) is 2.64. The van der Waals surface area contributed by atoms with Gasteiger partial charge >= 0.3 is 0 Å². The standard InChI is InChI=1S/C14H20FNO/c15-12-7-4-8-13(9-12)16-14(10-17)11-5-2-1-3-6-11/h4,7-9,11,14,16-17H,1-3,5-6,10H2. The first-order valence-electron chi connectivity index (χ1n) is 6.42. The van der Waals surface area contributed by atoms with Gasteiger partial charge in [0.15, 0.2) is 0 Å². The van der Waals surface area contributed by atoms with Crippen LogP contribution in [0, 0.1) is 11.7 Å². The second-order valence-corrected chi connectivity index (χ2v) is 4.84. The molecule has 1 aliphatic rings. The summed E-state index contributed by atoms with van der Waals surface area (Å²) in [5, 5.41) is 12.7. The monoisotopic (exact) mass is 237 g/mol. The van der Waals surface area contributed by atoms with Crippen molar-refractivity contribution in [3.05, 3.63) is 30.1 Å². The van der Waals surface area contributed by atoms with Crippen molar-refractivity contribution in [2.75, 3.05) is 11.9 Å². The van der Waals surface area contributed by atoms with E-state index in [0.29, 0.717) is 5.92 Å². The first-order valence-corrected chi connectivity index (χ1v) is 6.42. The molecule has 2 nitrogen and oxygen atoms in total. The number of aliphatic hydroxyl groups is 1. The lowest BCUT2D eigenvalue weighted by molar-refractivity contribution is 0.209. The Kier molecular flexibility index (Phi) is 4.37. The number of hydrogen-bond acceptors (Lipinski definition) is 2. The summed E-state index contributed by atoms with van der Waals surface area (Å²) in [6.45, 7) is 0.112. The number of anilines is 1. The molecule has 1 aromatic rings. The number of benzene rings is 1. The molecular formula is C14H20FNO. The second-order valence-electron chi connectivity index (χ2n) is 4.84. The molecule has 3 heteroatoms. The number of aliphatic hydroxyl groups excluding tert-OH is 1. The van der Waals surface area contributed by atoms with Gasteiger partial charge in [0.1, 0.15) is 5.82 Å². The normalized spacial score (nSPS) is 18.9. The SMILES string of the molecule is OCC(Nc1cccc(F)c1)C1CCCCC1. The molecule has 1 atom stereocenters. The Morgan fingerprint density at radius 1 is 1.29 bits per heavy atom. The van der Waals surface area contributed by atoms with Crippen molar-refractivity contribution in [1.82, 2.24) is 0 Å². The van der Waals surface area contributed by atoms with Gasteiger partial charge in [-0.05, 0) is 37.0 Å². The lowest BCUT2D eigenvalue weighted by Gasteiger charge is -2.30. The fraction of sp³-hybridized carbons (Fsp3) is 0.571. The van der Waals surface area contributed by atoms with E-state index >= 15 is 0 Å². The van der Waals surface area contributed by atoms with Gasteiger partial charge in [0.25, 0.3) is 0 Å². The van der Waals surface area contributed by atoms with Crippen LogP contribution in [0.1, 0.15) is 32.1 Å². The van der Waals surface area contributed by atoms with Crippen molar-refractivity contribution in [3.8, 4) is 0 Å². The molecule has 1 aromatic carbocycles. The predicted molar refractivity (Wildman–Crippen MR) is 67.5 cm³/mol. The van der Waals surface area contributed by atoms with Gasteiger partial charge in [-0.15, -0.1) is 0 Å². The van der Waals surface area contributed by atoms with Crippen LogP contribution in [0.25, 0.3) is 0 Å². The van der Waals surface area contributed by atoms with Crippen LogP contribution in [0.4, 0.5) is 10.1 Å². The molecule has 0 spiro atoms. The zero-order chi connectivity index (χ0) is 12.1. The molecule has 0 aliphatic heterocycles. The van der Waals surface area contributed by atoms with Gasteiger partial charge < -0.3 is 10.4 Å². The number of rotatable bonds is 4. The number of hydrogen-bond donors (Lipinski definition) is 2. The molecule has 1 unspecified atom stereocenters. The van der Waals surface area contributed by atoms with Crippen LogP contribution in [0.3, 0.4) is 0 Å².